The van der Waals surface area contributed by atoms with Crippen LogP contribution in [0.4, 0.5) is 0 Å². The van der Waals surface area contributed by atoms with Gasteiger partial charge in [0.25, 0.3) is 5.56 Å². The minimum absolute atomic E-state index is 0.299. The smallest absolute Gasteiger partial charge is 0.297 e. The van der Waals surface area contributed by atoms with Gasteiger partial charge in [0.05, 0.1) is 0 Å². The van der Waals surface area contributed by atoms with Crippen LogP contribution in [0, 0.1) is 0 Å². The third kappa shape index (κ3) is 2.35. The topological polar surface area (TPSA) is 44.0 Å². The van der Waals surface area contributed by atoms with Gasteiger partial charge in [0, 0.05) is 31.7 Å². The van der Waals surface area contributed by atoms with Crippen molar-refractivity contribution in [3.63, 3.8) is 0 Å². The summed E-state index contributed by atoms with van der Waals surface area (Å²) in [5.74, 6) is 0.417. The summed E-state index contributed by atoms with van der Waals surface area (Å²) >= 11 is 5.43. The number of nitrogens with zero attached hydrogens (tertiary/aromatic N) is 2. The van der Waals surface area contributed by atoms with Crippen molar-refractivity contribution < 1.29 is 0 Å². The molecule has 0 saturated heterocycles. The van der Waals surface area contributed by atoms with Crippen LogP contribution >= 0.6 is 11.6 Å². The monoisotopic (exact) mass is 214 g/mol. The molecule has 0 aromatic carbocycles. The van der Waals surface area contributed by atoms with Crippen molar-refractivity contribution >= 4 is 11.6 Å². The van der Waals surface area contributed by atoms with Crippen molar-refractivity contribution in [3.05, 3.63) is 45.3 Å². The molecule has 0 atom stereocenters. The lowest BCUT2D eigenvalue weighted by Crippen LogP contribution is -2.36. The van der Waals surface area contributed by atoms with Gasteiger partial charge in [-0.15, -0.1) is 11.6 Å². The Morgan fingerprint density at radius 1 is 1.43 bits per heavy atom. The molecule has 0 spiro atoms. The van der Waals surface area contributed by atoms with Crippen molar-refractivity contribution in [1.29, 1.82) is 0 Å². The zero-order chi connectivity index (χ0) is 10.6. The summed E-state index contributed by atoms with van der Waals surface area (Å²) in [5, 5.41) is 0. The van der Waals surface area contributed by atoms with E-state index in [1.165, 1.54) is 23.9 Å². The quantitative estimate of drug-likeness (QED) is 0.538. The number of hydrogen-bond acceptors (Lipinski definition) is 2. The Morgan fingerprint density at radius 3 is 2.79 bits per heavy atom. The lowest BCUT2D eigenvalue weighted by atomic mass is 10.5. The first-order chi connectivity index (χ1) is 6.66. The molecule has 14 heavy (non-hydrogen) atoms. The van der Waals surface area contributed by atoms with Gasteiger partial charge in [-0.3, -0.25) is 13.9 Å². The van der Waals surface area contributed by atoms with E-state index in [1.54, 1.807) is 12.2 Å². The fourth-order valence-corrected chi connectivity index (χ4v) is 1.13. The Hall–Kier alpha value is -1.29. The number of halogens is 1. The molecule has 0 aliphatic carbocycles. The van der Waals surface area contributed by atoms with E-state index < -0.39 is 0 Å². The van der Waals surface area contributed by atoms with Crippen LogP contribution in [0.2, 0.25) is 0 Å². The maximum atomic E-state index is 11.4. The van der Waals surface area contributed by atoms with Gasteiger partial charge in [-0.2, -0.15) is 0 Å². The van der Waals surface area contributed by atoms with E-state index in [1.807, 2.05) is 0 Å². The number of rotatable bonds is 3. The van der Waals surface area contributed by atoms with Gasteiger partial charge in [0.1, 0.15) is 0 Å². The highest BCUT2D eigenvalue weighted by atomic mass is 35.5. The third-order valence-electron chi connectivity index (χ3n) is 1.82. The van der Waals surface area contributed by atoms with E-state index in [-0.39, 0.29) is 11.2 Å². The Kier molecular flexibility index (Phi) is 3.71. The average molecular weight is 215 g/mol. The lowest BCUT2D eigenvalue weighted by Gasteiger charge is -2.02. The van der Waals surface area contributed by atoms with Gasteiger partial charge in [-0.05, 0) is 0 Å². The van der Waals surface area contributed by atoms with Crippen LogP contribution in [0.5, 0.6) is 0 Å². The Bertz CT molecular complexity index is 445. The van der Waals surface area contributed by atoms with Crippen LogP contribution in [0.3, 0.4) is 0 Å². The molecule has 0 fully saturated rings. The molecule has 0 radical (unpaired) electrons. The Morgan fingerprint density at radius 2 is 2.14 bits per heavy atom. The molecule has 5 heteroatoms. The van der Waals surface area contributed by atoms with Crippen LogP contribution in [-0.2, 0) is 13.6 Å². The number of allylic oxidation sites excluding steroid dienone is 2. The van der Waals surface area contributed by atoms with E-state index in [0.717, 1.165) is 4.57 Å². The van der Waals surface area contributed by atoms with Crippen molar-refractivity contribution in [2.75, 3.05) is 5.88 Å². The molecule has 0 amide bonds. The maximum Gasteiger partial charge on any atom is 0.330 e. The van der Waals surface area contributed by atoms with Gasteiger partial charge in [0.2, 0.25) is 0 Å². The Labute approximate surface area is 86.1 Å². The molecule has 0 unspecified atom stereocenters. The van der Waals surface area contributed by atoms with Crippen LogP contribution in [0.15, 0.2) is 34.0 Å². The fourth-order valence-electron chi connectivity index (χ4n) is 1.01. The molecule has 0 saturated carbocycles. The summed E-state index contributed by atoms with van der Waals surface area (Å²) in [5.41, 5.74) is -0.621. The zero-order valence-electron chi connectivity index (χ0n) is 7.81. The van der Waals surface area contributed by atoms with Gasteiger partial charge >= 0.3 is 5.69 Å². The van der Waals surface area contributed by atoms with E-state index in [4.69, 9.17) is 11.6 Å². The van der Waals surface area contributed by atoms with E-state index in [0.29, 0.717) is 12.4 Å². The highest BCUT2D eigenvalue weighted by Crippen LogP contribution is 1.83. The first kappa shape index (κ1) is 10.8. The molecule has 0 N–H and O–H groups in total. The number of hydrogen-bond donors (Lipinski definition) is 0. The summed E-state index contributed by atoms with van der Waals surface area (Å²) in [6.07, 6.45) is 5.00. The predicted molar refractivity (Wildman–Crippen MR) is 55.8 cm³/mol. The van der Waals surface area contributed by atoms with Crippen molar-refractivity contribution in [3.8, 4) is 0 Å². The molecule has 4 nitrogen and oxygen atoms in total. The van der Waals surface area contributed by atoms with Gasteiger partial charge < -0.3 is 0 Å². The molecule has 0 aliphatic heterocycles. The molecule has 1 heterocycles. The summed E-state index contributed by atoms with van der Waals surface area (Å²) in [6, 6.07) is 1.36. The fraction of sp³-hybridized carbons (Fsp3) is 0.333. The summed E-state index contributed by atoms with van der Waals surface area (Å²) in [6.45, 7) is 0.430. The Balaban J connectivity index is 3.01. The third-order valence-corrected chi connectivity index (χ3v) is 2.00. The summed E-state index contributed by atoms with van der Waals surface area (Å²) in [7, 11) is 1.45. The lowest BCUT2D eigenvalue weighted by molar-refractivity contribution is 0.653. The van der Waals surface area contributed by atoms with Crippen LogP contribution in [0.1, 0.15) is 0 Å². The standard InChI is InChI=1S/C9H11ClN2O2/c1-11-8(13)4-7-12(9(11)14)6-3-2-5-10/h2-4,7H,5-6H2,1H3/b3-2+. The highest BCUT2D eigenvalue weighted by Gasteiger charge is 1.97. The van der Waals surface area contributed by atoms with Crippen LogP contribution < -0.4 is 11.2 Å². The minimum atomic E-state index is -0.322. The first-order valence-corrected chi connectivity index (χ1v) is 4.67. The average Bonchev–Trinajstić information content (AvgIpc) is 2.18. The van der Waals surface area contributed by atoms with Crippen LogP contribution in [-0.4, -0.2) is 15.0 Å². The normalized spacial score (nSPS) is 11.0. The highest BCUT2D eigenvalue weighted by molar-refractivity contribution is 6.18. The van der Waals surface area contributed by atoms with Crippen LogP contribution in [0.25, 0.3) is 0 Å². The van der Waals surface area contributed by atoms with Crippen molar-refractivity contribution in [2.45, 2.75) is 6.54 Å². The molecular weight excluding hydrogens is 204 g/mol. The predicted octanol–water partition coefficient (Wildman–Crippen LogP) is 0.342. The van der Waals surface area contributed by atoms with Crippen molar-refractivity contribution in [1.82, 2.24) is 9.13 Å². The second-order valence-electron chi connectivity index (χ2n) is 2.77. The molecule has 1 aromatic heterocycles. The second kappa shape index (κ2) is 4.81. The molecule has 0 aliphatic rings. The zero-order valence-corrected chi connectivity index (χ0v) is 8.57. The van der Waals surface area contributed by atoms with E-state index >= 15 is 0 Å². The van der Waals surface area contributed by atoms with Gasteiger partial charge in [-0.1, -0.05) is 12.2 Å². The van der Waals surface area contributed by atoms with Gasteiger partial charge in [-0.25, -0.2) is 4.79 Å². The SMILES string of the molecule is Cn1c(=O)ccn(C/C=C/CCl)c1=O. The van der Waals surface area contributed by atoms with E-state index in [2.05, 4.69) is 0 Å². The van der Waals surface area contributed by atoms with E-state index in [9.17, 15) is 9.59 Å². The molecule has 0 bridgehead atoms. The van der Waals surface area contributed by atoms with Gasteiger partial charge in [0.15, 0.2) is 0 Å². The first-order valence-electron chi connectivity index (χ1n) is 4.14. The number of aromatic nitrogens is 2. The second-order valence-corrected chi connectivity index (χ2v) is 3.08. The van der Waals surface area contributed by atoms with Crippen molar-refractivity contribution in [2.24, 2.45) is 7.05 Å². The molecule has 76 valence electrons. The minimum Gasteiger partial charge on any atom is -0.297 e. The molecular formula is C9H11ClN2O2. The summed E-state index contributed by atoms with van der Waals surface area (Å²) < 4.78 is 2.50. The largest absolute Gasteiger partial charge is 0.330 e. The maximum absolute atomic E-state index is 11.4. The molecule has 1 rings (SSSR count). The molecule has 1 aromatic rings. The number of alkyl halides is 1. The summed E-state index contributed by atoms with van der Waals surface area (Å²) in [4.78, 5) is 22.5.